The average Bonchev–Trinajstić information content (AvgIpc) is 3.43. The molecule has 1 N–H and O–H groups in total. The van der Waals surface area contributed by atoms with Gasteiger partial charge in [-0.25, -0.2) is 0 Å². The highest BCUT2D eigenvalue weighted by Gasteiger charge is 2.39. The van der Waals surface area contributed by atoms with E-state index in [4.69, 9.17) is 4.74 Å². The lowest BCUT2D eigenvalue weighted by molar-refractivity contribution is 0.0619. The van der Waals surface area contributed by atoms with E-state index < -0.39 is 0 Å². The van der Waals surface area contributed by atoms with Crippen LogP contribution in [0.25, 0.3) is 10.1 Å². The molecule has 0 aliphatic carbocycles. The molecule has 1 amide bonds. The molecular weight excluding hydrogens is 360 g/mol. The van der Waals surface area contributed by atoms with Gasteiger partial charge in [0.2, 0.25) is 0 Å². The number of aromatic nitrogens is 1. The maximum atomic E-state index is 12.9. The Morgan fingerprint density at radius 3 is 2.85 bits per heavy atom. The molecule has 4 bridgehead atoms. The molecule has 0 spiro atoms. The largest absolute Gasteiger partial charge is 0.374 e. The molecule has 142 valence electrons. The van der Waals surface area contributed by atoms with Crippen molar-refractivity contribution >= 4 is 33.2 Å². The molecule has 5 fully saturated rings. The molecule has 3 atom stereocenters. The summed E-state index contributed by atoms with van der Waals surface area (Å²) in [6.45, 7) is 5.16. The Kier molecular flexibility index (Phi) is 3.71. The van der Waals surface area contributed by atoms with Gasteiger partial charge in [-0.3, -0.25) is 4.79 Å². The lowest BCUT2D eigenvalue weighted by atomic mass is 9.84. The number of rotatable bonds is 3. The highest BCUT2D eigenvalue weighted by atomic mass is 32.1. The first-order valence-corrected chi connectivity index (χ1v) is 10.8. The Hall–Kier alpha value is -1.70. The average molecular weight is 385 g/mol. The molecule has 2 unspecified atom stereocenters. The summed E-state index contributed by atoms with van der Waals surface area (Å²) in [5.74, 6) is 0.615. The molecule has 27 heavy (non-hydrogen) atoms. The van der Waals surface area contributed by atoms with Gasteiger partial charge >= 0.3 is 0 Å². The van der Waals surface area contributed by atoms with E-state index in [1.54, 1.807) is 0 Å². The molecule has 2 aromatic rings. The third kappa shape index (κ3) is 2.67. The van der Waals surface area contributed by atoms with Crippen LogP contribution in [0.4, 0.5) is 5.69 Å². The first-order chi connectivity index (χ1) is 13.2. The Balaban J connectivity index is 1.23. The van der Waals surface area contributed by atoms with Crippen LogP contribution in [0.5, 0.6) is 0 Å². The zero-order chi connectivity index (χ0) is 18.0. The van der Waals surface area contributed by atoms with E-state index in [1.165, 1.54) is 43.2 Å². The summed E-state index contributed by atoms with van der Waals surface area (Å²) in [4.78, 5) is 17.8. The Morgan fingerprint density at radius 2 is 2.15 bits per heavy atom. The Bertz CT molecular complexity index is 891. The minimum atomic E-state index is -0.0126. The van der Waals surface area contributed by atoms with Crippen molar-refractivity contribution in [3.05, 3.63) is 23.9 Å². The number of anilines is 1. The Labute approximate surface area is 162 Å². The highest BCUT2D eigenvalue weighted by Crippen LogP contribution is 2.35. The van der Waals surface area contributed by atoms with E-state index in [9.17, 15) is 4.79 Å². The third-order valence-electron chi connectivity index (χ3n) is 6.88. The summed E-state index contributed by atoms with van der Waals surface area (Å²) in [5, 5.41) is 4.25. The van der Waals surface area contributed by atoms with Gasteiger partial charge in [0.05, 0.1) is 23.5 Å². The van der Waals surface area contributed by atoms with Crippen LogP contribution in [-0.2, 0) is 4.74 Å². The monoisotopic (exact) mass is 384 g/mol. The minimum Gasteiger partial charge on any atom is -0.374 e. The van der Waals surface area contributed by atoms with Crippen LogP contribution in [0.15, 0.2) is 18.2 Å². The molecule has 6 heterocycles. The molecule has 5 aliphatic heterocycles. The first-order valence-electron chi connectivity index (χ1n) is 10.1. The van der Waals surface area contributed by atoms with Crippen molar-refractivity contribution in [2.24, 2.45) is 5.92 Å². The number of amides is 1. The molecule has 5 saturated heterocycles. The fourth-order valence-corrected chi connectivity index (χ4v) is 6.16. The zero-order valence-electron chi connectivity index (χ0n) is 15.3. The second kappa shape index (κ2) is 6.15. The maximum Gasteiger partial charge on any atom is 0.271 e. The van der Waals surface area contributed by atoms with E-state index in [2.05, 4.69) is 37.7 Å². The second-order valence-electron chi connectivity index (χ2n) is 8.43. The van der Waals surface area contributed by atoms with Gasteiger partial charge in [0.25, 0.3) is 5.91 Å². The number of hydrogen-bond acceptors (Lipinski definition) is 6. The number of carbonyl (C=O) groups is 1. The Morgan fingerprint density at radius 1 is 1.26 bits per heavy atom. The van der Waals surface area contributed by atoms with E-state index in [0.29, 0.717) is 23.8 Å². The third-order valence-corrected chi connectivity index (χ3v) is 7.68. The van der Waals surface area contributed by atoms with Crippen LogP contribution in [0.3, 0.4) is 0 Å². The van der Waals surface area contributed by atoms with Gasteiger partial charge in [0, 0.05) is 30.2 Å². The number of benzene rings is 1. The zero-order valence-corrected chi connectivity index (χ0v) is 16.1. The molecule has 0 saturated carbocycles. The fourth-order valence-electron chi connectivity index (χ4n) is 5.35. The van der Waals surface area contributed by atoms with E-state index in [-0.39, 0.29) is 11.9 Å². The summed E-state index contributed by atoms with van der Waals surface area (Å²) in [7, 11) is 0. The van der Waals surface area contributed by atoms with Gasteiger partial charge in [-0.1, -0.05) is 0 Å². The predicted molar refractivity (Wildman–Crippen MR) is 106 cm³/mol. The van der Waals surface area contributed by atoms with Gasteiger partial charge < -0.3 is 19.9 Å². The number of hydrogen-bond donors (Lipinski definition) is 1. The molecular formula is C20H24N4O2S. The van der Waals surface area contributed by atoms with E-state index in [0.717, 1.165) is 36.2 Å². The number of fused-ring (bicyclic) bond motifs is 6. The number of morpholine rings is 1. The van der Waals surface area contributed by atoms with Crippen LogP contribution >= 0.6 is 11.5 Å². The quantitative estimate of drug-likeness (QED) is 0.878. The number of nitrogens with one attached hydrogen (secondary N) is 1. The molecule has 5 aliphatic rings. The number of piperidine rings is 3. The second-order valence-corrected chi connectivity index (χ2v) is 9.23. The van der Waals surface area contributed by atoms with Gasteiger partial charge in [-0.2, -0.15) is 4.37 Å². The van der Waals surface area contributed by atoms with Gasteiger partial charge in [-0.15, -0.1) is 0 Å². The SMILES string of the molecule is O=C(N[C@@H]1CN2CCC1CC2)c1nsc2cc(N3CC4CC3CO4)ccc12. The topological polar surface area (TPSA) is 57.7 Å². The molecule has 1 aromatic heterocycles. The van der Waals surface area contributed by atoms with Crippen LogP contribution in [-0.4, -0.2) is 66.2 Å². The van der Waals surface area contributed by atoms with Crippen molar-refractivity contribution in [2.75, 3.05) is 37.7 Å². The van der Waals surface area contributed by atoms with E-state index in [1.807, 2.05) is 0 Å². The molecule has 7 rings (SSSR count). The highest BCUT2D eigenvalue weighted by molar-refractivity contribution is 7.13. The van der Waals surface area contributed by atoms with Crippen LogP contribution in [0.1, 0.15) is 29.8 Å². The minimum absolute atomic E-state index is 0.0126. The fraction of sp³-hybridized carbons (Fsp3) is 0.600. The van der Waals surface area contributed by atoms with Crippen LogP contribution in [0.2, 0.25) is 0 Å². The van der Waals surface area contributed by atoms with Gasteiger partial charge in [-0.05, 0) is 68.0 Å². The van der Waals surface area contributed by atoms with Crippen molar-refractivity contribution in [3.63, 3.8) is 0 Å². The van der Waals surface area contributed by atoms with Crippen molar-refractivity contribution in [3.8, 4) is 0 Å². The standard InChI is InChI=1S/C20H24N4O2S/c25-20(21-17-10-23-5-3-12(17)4-6-23)19-16-2-1-13(8-18(16)27-22-19)24-9-15-7-14(24)11-26-15/h1-2,8,12,14-15,17H,3-7,9-11H2,(H,21,25)/t14?,15?,17-/m1/s1. The van der Waals surface area contributed by atoms with Crippen molar-refractivity contribution < 1.29 is 9.53 Å². The molecule has 1 aromatic carbocycles. The van der Waals surface area contributed by atoms with Gasteiger partial charge in [0.15, 0.2) is 0 Å². The summed E-state index contributed by atoms with van der Waals surface area (Å²) in [6.07, 6.45) is 3.92. The smallest absolute Gasteiger partial charge is 0.271 e. The van der Waals surface area contributed by atoms with Crippen molar-refractivity contribution in [1.29, 1.82) is 0 Å². The summed E-state index contributed by atoms with van der Waals surface area (Å²) in [6, 6.07) is 7.18. The first kappa shape index (κ1) is 16.3. The number of nitrogens with zero attached hydrogens (tertiary/aromatic N) is 3. The summed E-state index contributed by atoms with van der Waals surface area (Å²) < 4.78 is 11.3. The molecule has 0 radical (unpaired) electrons. The maximum absolute atomic E-state index is 12.9. The molecule has 6 nitrogen and oxygen atoms in total. The van der Waals surface area contributed by atoms with Crippen molar-refractivity contribution in [2.45, 2.75) is 37.5 Å². The lowest BCUT2D eigenvalue weighted by Crippen LogP contribution is -2.57. The summed E-state index contributed by atoms with van der Waals surface area (Å²) in [5.41, 5.74) is 1.82. The summed E-state index contributed by atoms with van der Waals surface area (Å²) >= 11 is 1.43. The van der Waals surface area contributed by atoms with Crippen molar-refractivity contribution in [1.82, 2.24) is 14.6 Å². The van der Waals surface area contributed by atoms with Gasteiger partial charge in [0.1, 0.15) is 5.69 Å². The number of carbonyl (C=O) groups excluding carboxylic acids is 1. The lowest BCUT2D eigenvalue weighted by Gasteiger charge is -2.44. The molecule has 7 heteroatoms. The number of ether oxygens (including phenoxy) is 1. The van der Waals surface area contributed by atoms with E-state index >= 15 is 0 Å². The van der Waals surface area contributed by atoms with Crippen LogP contribution in [0, 0.1) is 5.92 Å². The predicted octanol–water partition coefficient (Wildman–Crippen LogP) is 2.10. The van der Waals surface area contributed by atoms with Crippen LogP contribution < -0.4 is 10.2 Å². The normalized spacial score (nSPS) is 34.5.